The molecule has 0 saturated carbocycles. The molecule has 0 fully saturated rings. The maximum atomic E-state index is 6.17. The van der Waals surface area contributed by atoms with E-state index in [1.807, 2.05) is 24.4 Å². The second kappa shape index (κ2) is 5.76. The van der Waals surface area contributed by atoms with E-state index >= 15 is 0 Å². The smallest absolute Gasteiger partial charge is 0.0410 e. The Labute approximate surface area is 118 Å². The molecule has 0 amide bonds. The highest BCUT2D eigenvalue weighted by Gasteiger charge is 2.08. The van der Waals surface area contributed by atoms with E-state index in [0.717, 1.165) is 20.9 Å². The molecule has 0 saturated heterocycles. The Balaban J connectivity index is 2.14. The van der Waals surface area contributed by atoms with Gasteiger partial charge >= 0.3 is 0 Å². The molecule has 0 radical (unpaired) electrons. The van der Waals surface area contributed by atoms with Crippen molar-refractivity contribution in [2.45, 2.75) is 12.5 Å². The van der Waals surface area contributed by atoms with Crippen molar-refractivity contribution >= 4 is 31.9 Å². The third kappa shape index (κ3) is 3.63. The van der Waals surface area contributed by atoms with Crippen LogP contribution in [-0.4, -0.2) is 4.98 Å². The van der Waals surface area contributed by atoms with Crippen molar-refractivity contribution in [3.8, 4) is 0 Å². The molecule has 0 spiro atoms. The Morgan fingerprint density at radius 3 is 2.65 bits per heavy atom. The van der Waals surface area contributed by atoms with Gasteiger partial charge in [-0.05, 0) is 51.7 Å². The number of benzene rings is 1. The Morgan fingerprint density at radius 2 is 1.94 bits per heavy atom. The molecule has 2 rings (SSSR count). The monoisotopic (exact) mass is 354 g/mol. The Kier molecular flexibility index (Phi) is 4.31. The van der Waals surface area contributed by atoms with Crippen LogP contribution in [0.3, 0.4) is 0 Å². The van der Waals surface area contributed by atoms with Gasteiger partial charge in [-0.25, -0.2) is 0 Å². The molecule has 2 aromatic rings. The van der Waals surface area contributed by atoms with Gasteiger partial charge in [-0.3, -0.25) is 4.98 Å². The van der Waals surface area contributed by atoms with Crippen molar-refractivity contribution in [3.05, 3.63) is 62.8 Å². The molecule has 0 aliphatic rings. The SMILES string of the molecule is NC(Cc1cccc(Br)c1)c1cncc(Br)c1. The largest absolute Gasteiger partial charge is 0.324 e. The van der Waals surface area contributed by atoms with E-state index in [-0.39, 0.29) is 6.04 Å². The van der Waals surface area contributed by atoms with E-state index in [1.54, 1.807) is 6.20 Å². The molecule has 0 aliphatic carbocycles. The summed E-state index contributed by atoms with van der Waals surface area (Å²) >= 11 is 6.86. The average molecular weight is 356 g/mol. The number of aromatic nitrogens is 1. The summed E-state index contributed by atoms with van der Waals surface area (Å²) < 4.78 is 2.04. The molecule has 1 aromatic heterocycles. The molecule has 0 bridgehead atoms. The van der Waals surface area contributed by atoms with E-state index in [1.165, 1.54) is 5.56 Å². The fraction of sp³-hybridized carbons (Fsp3) is 0.154. The normalized spacial score (nSPS) is 12.4. The molecule has 2 nitrogen and oxygen atoms in total. The van der Waals surface area contributed by atoms with Crippen LogP contribution in [0.1, 0.15) is 17.2 Å². The quantitative estimate of drug-likeness (QED) is 0.908. The molecule has 17 heavy (non-hydrogen) atoms. The third-order valence-corrected chi connectivity index (χ3v) is 3.43. The summed E-state index contributed by atoms with van der Waals surface area (Å²) in [5, 5.41) is 0. The zero-order valence-corrected chi connectivity index (χ0v) is 12.3. The van der Waals surface area contributed by atoms with Crippen molar-refractivity contribution in [1.29, 1.82) is 0 Å². The molecule has 0 aliphatic heterocycles. The highest BCUT2D eigenvalue weighted by Crippen LogP contribution is 2.20. The summed E-state index contributed by atoms with van der Waals surface area (Å²) in [6, 6.07) is 10.2. The number of hydrogen-bond acceptors (Lipinski definition) is 2. The fourth-order valence-electron chi connectivity index (χ4n) is 1.67. The van der Waals surface area contributed by atoms with Gasteiger partial charge in [-0.2, -0.15) is 0 Å². The lowest BCUT2D eigenvalue weighted by Gasteiger charge is -2.12. The van der Waals surface area contributed by atoms with Crippen molar-refractivity contribution < 1.29 is 0 Å². The molecular formula is C13H12Br2N2. The number of nitrogens with zero attached hydrogens (tertiary/aromatic N) is 1. The van der Waals surface area contributed by atoms with Crippen molar-refractivity contribution in [2.24, 2.45) is 5.73 Å². The summed E-state index contributed by atoms with van der Waals surface area (Å²) in [5.41, 5.74) is 8.43. The zero-order chi connectivity index (χ0) is 12.3. The van der Waals surface area contributed by atoms with Gasteiger partial charge < -0.3 is 5.73 Å². The lowest BCUT2D eigenvalue weighted by Crippen LogP contribution is -2.13. The zero-order valence-electron chi connectivity index (χ0n) is 9.11. The summed E-state index contributed by atoms with van der Waals surface area (Å²) in [4.78, 5) is 4.13. The fourth-order valence-corrected chi connectivity index (χ4v) is 2.50. The first-order chi connectivity index (χ1) is 8.15. The second-order valence-electron chi connectivity index (χ2n) is 3.88. The predicted molar refractivity (Wildman–Crippen MR) is 76.7 cm³/mol. The topological polar surface area (TPSA) is 38.9 Å². The van der Waals surface area contributed by atoms with Crippen LogP contribution in [0.15, 0.2) is 51.7 Å². The minimum absolute atomic E-state index is 0.0331. The highest BCUT2D eigenvalue weighted by atomic mass is 79.9. The summed E-state index contributed by atoms with van der Waals surface area (Å²) in [7, 11) is 0. The van der Waals surface area contributed by atoms with Crippen LogP contribution in [0.25, 0.3) is 0 Å². The standard InChI is InChI=1S/C13H12Br2N2/c14-11-3-1-2-9(4-11)5-13(16)10-6-12(15)8-17-7-10/h1-4,6-8,13H,5,16H2. The summed E-state index contributed by atoms with van der Waals surface area (Å²) in [6.45, 7) is 0. The van der Waals surface area contributed by atoms with E-state index < -0.39 is 0 Å². The molecule has 88 valence electrons. The van der Waals surface area contributed by atoms with E-state index in [2.05, 4.69) is 49.0 Å². The number of halogens is 2. The van der Waals surface area contributed by atoms with Crippen molar-refractivity contribution in [2.75, 3.05) is 0 Å². The number of rotatable bonds is 3. The summed E-state index contributed by atoms with van der Waals surface area (Å²) in [6.07, 6.45) is 4.38. The summed E-state index contributed by atoms with van der Waals surface area (Å²) in [5.74, 6) is 0. The van der Waals surface area contributed by atoms with Gasteiger partial charge in [0.2, 0.25) is 0 Å². The molecule has 1 heterocycles. The number of pyridine rings is 1. The van der Waals surface area contributed by atoms with Crippen LogP contribution in [0.4, 0.5) is 0 Å². The van der Waals surface area contributed by atoms with Crippen molar-refractivity contribution in [1.82, 2.24) is 4.98 Å². The molecule has 1 unspecified atom stereocenters. The van der Waals surface area contributed by atoms with E-state index in [0.29, 0.717) is 0 Å². The van der Waals surface area contributed by atoms with Crippen LogP contribution >= 0.6 is 31.9 Å². The van der Waals surface area contributed by atoms with Gasteiger partial charge in [-0.15, -0.1) is 0 Å². The van der Waals surface area contributed by atoms with Gasteiger partial charge in [0, 0.05) is 27.4 Å². The Hall–Kier alpha value is -0.710. The first kappa shape index (κ1) is 12.7. The minimum atomic E-state index is -0.0331. The van der Waals surface area contributed by atoms with Crippen LogP contribution in [0, 0.1) is 0 Å². The third-order valence-electron chi connectivity index (χ3n) is 2.50. The lowest BCUT2D eigenvalue weighted by molar-refractivity contribution is 0.717. The number of nitrogens with two attached hydrogens (primary N) is 1. The van der Waals surface area contributed by atoms with E-state index in [4.69, 9.17) is 5.73 Å². The molecular weight excluding hydrogens is 344 g/mol. The van der Waals surface area contributed by atoms with Crippen LogP contribution in [0.5, 0.6) is 0 Å². The van der Waals surface area contributed by atoms with Crippen LogP contribution < -0.4 is 5.73 Å². The first-order valence-electron chi connectivity index (χ1n) is 5.25. The first-order valence-corrected chi connectivity index (χ1v) is 6.84. The van der Waals surface area contributed by atoms with E-state index in [9.17, 15) is 0 Å². The van der Waals surface area contributed by atoms with Gasteiger partial charge in [0.25, 0.3) is 0 Å². The van der Waals surface area contributed by atoms with Gasteiger partial charge in [-0.1, -0.05) is 28.1 Å². The second-order valence-corrected chi connectivity index (χ2v) is 5.71. The van der Waals surface area contributed by atoms with Crippen LogP contribution in [-0.2, 0) is 6.42 Å². The minimum Gasteiger partial charge on any atom is -0.324 e. The average Bonchev–Trinajstić information content (AvgIpc) is 2.29. The lowest BCUT2D eigenvalue weighted by atomic mass is 10.0. The highest BCUT2D eigenvalue weighted by molar-refractivity contribution is 9.10. The molecule has 4 heteroatoms. The predicted octanol–water partition coefficient (Wildman–Crippen LogP) is 3.85. The number of hydrogen-bond donors (Lipinski definition) is 1. The Morgan fingerprint density at radius 1 is 1.12 bits per heavy atom. The molecule has 2 N–H and O–H groups in total. The van der Waals surface area contributed by atoms with Crippen LogP contribution in [0.2, 0.25) is 0 Å². The van der Waals surface area contributed by atoms with Crippen molar-refractivity contribution in [3.63, 3.8) is 0 Å². The van der Waals surface area contributed by atoms with Gasteiger partial charge in [0.05, 0.1) is 0 Å². The van der Waals surface area contributed by atoms with Gasteiger partial charge in [0.15, 0.2) is 0 Å². The van der Waals surface area contributed by atoms with Gasteiger partial charge in [0.1, 0.15) is 0 Å². The maximum Gasteiger partial charge on any atom is 0.0410 e. The molecule has 1 atom stereocenters. The maximum absolute atomic E-state index is 6.17. The Bertz CT molecular complexity index is 514. The molecule has 1 aromatic carbocycles.